The third kappa shape index (κ3) is 3.30. The average molecular weight is 308 g/mol. The van der Waals surface area contributed by atoms with E-state index >= 15 is 0 Å². The smallest absolute Gasteiger partial charge is 0.119 e. The van der Waals surface area contributed by atoms with Gasteiger partial charge in [-0.05, 0) is 41.5 Å². The SMILES string of the molecule is COc1cccc([C@@H]2Cc3cc(C#N)ccc3N(C)CCO2)c1. The second kappa shape index (κ2) is 6.72. The molecule has 0 bridgehead atoms. The molecule has 0 fully saturated rings. The molecule has 2 aromatic carbocycles. The molecule has 0 aromatic heterocycles. The third-order valence-corrected chi connectivity index (χ3v) is 4.24. The highest BCUT2D eigenvalue weighted by Crippen LogP contribution is 2.32. The molecule has 23 heavy (non-hydrogen) atoms. The van der Waals surface area contributed by atoms with Crippen LogP contribution in [0.2, 0.25) is 0 Å². The number of benzene rings is 2. The molecule has 4 heteroatoms. The summed E-state index contributed by atoms with van der Waals surface area (Å²) >= 11 is 0. The van der Waals surface area contributed by atoms with Crippen LogP contribution in [0.25, 0.3) is 0 Å². The van der Waals surface area contributed by atoms with E-state index in [0.29, 0.717) is 12.2 Å². The number of rotatable bonds is 2. The number of methoxy groups -OCH3 is 1. The second-order valence-corrected chi connectivity index (χ2v) is 5.72. The van der Waals surface area contributed by atoms with Crippen molar-refractivity contribution in [3.63, 3.8) is 0 Å². The van der Waals surface area contributed by atoms with Gasteiger partial charge in [-0.25, -0.2) is 0 Å². The lowest BCUT2D eigenvalue weighted by Crippen LogP contribution is -2.28. The van der Waals surface area contributed by atoms with Crippen LogP contribution in [0, 0.1) is 11.3 Å². The first-order valence-corrected chi connectivity index (χ1v) is 7.71. The highest BCUT2D eigenvalue weighted by molar-refractivity contribution is 5.57. The molecule has 0 unspecified atom stereocenters. The van der Waals surface area contributed by atoms with E-state index < -0.39 is 0 Å². The summed E-state index contributed by atoms with van der Waals surface area (Å²) < 4.78 is 11.4. The van der Waals surface area contributed by atoms with Crippen LogP contribution < -0.4 is 9.64 Å². The Labute approximate surface area is 136 Å². The van der Waals surface area contributed by atoms with Crippen LogP contribution in [-0.4, -0.2) is 27.3 Å². The van der Waals surface area contributed by atoms with Crippen LogP contribution >= 0.6 is 0 Å². The number of hydrogen-bond donors (Lipinski definition) is 0. The molecule has 4 nitrogen and oxygen atoms in total. The van der Waals surface area contributed by atoms with Gasteiger partial charge in [0.15, 0.2) is 0 Å². The molecule has 0 saturated heterocycles. The molecule has 0 N–H and O–H groups in total. The number of nitrogens with zero attached hydrogens (tertiary/aromatic N) is 2. The standard InChI is InChI=1S/C19H20N2O2/c1-21-8-9-23-19(15-4-3-5-17(11-15)22-2)12-16-10-14(13-20)6-7-18(16)21/h3-7,10-11,19H,8-9,12H2,1-2H3/t19-/m0/s1. The molecule has 0 saturated carbocycles. The first kappa shape index (κ1) is 15.4. The Morgan fingerprint density at radius 2 is 2.13 bits per heavy atom. The number of fused-ring (bicyclic) bond motifs is 1. The minimum absolute atomic E-state index is 0.0357. The lowest BCUT2D eigenvalue weighted by atomic mass is 9.97. The van der Waals surface area contributed by atoms with E-state index in [1.165, 1.54) is 5.69 Å². The van der Waals surface area contributed by atoms with Gasteiger partial charge in [-0.3, -0.25) is 0 Å². The topological polar surface area (TPSA) is 45.5 Å². The van der Waals surface area contributed by atoms with E-state index in [1.54, 1.807) is 7.11 Å². The molecule has 0 aliphatic carbocycles. The number of nitriles is 1. The minimum atomic E-state index is -0.0357. The quantitative estimate of drug-likeness (QED) is 0.854. The van der Waals surface area contributed by atoms with E-state index in [4.69, 9.17) is 9.47 Å². The maximum atomic E-state index is 9.17. The first-order valence-electron chi connectivity index (χ1n) is 7.71. The third-order valence-electron chi connectivity index (χ3n) is 4.24. The molecule has 1 aliphatic heterocycles. The molecule has 0 radical (unpaired) electrons. The Bertz CT molecular complexity index is 736. The summed E-state index contributed by atoms with van der Waals surface area (Å²) in [5.74, 6) is 0.830. The van der Waals surface area contributed by atoms with Crippen molar-refractivity contribution in [3.05, 3.63) is 59.2 Å². The van der Waals surface area contributed by atoms with E-state index in [1.807, 2.05) is 36.4 Å². The fourth-order valence-corrected chi connectivity index (χ4v) is 2.96. The Kier molecular flexibility index (Phi) is 4.50. The van der Waals surface area contributed by atoms with Crippen LogP contribution in [0.15, 0.2) is 42.5 Å². The Balaban J connectivity index is 1.97. The Morgan fingerprint density at radius 3 is 2.91 bits per heavy atom. The zero-order chi connectivity index (χ0) is 16.2. The maximum absolute atomic E-state index is 9.17. The van der Waals surface area contributed by atoms with Gasteiger partial charge in [-0.1, -0.05) is 12.1 Å². The van der Waals surface area contributed by atoms with E-state index in [2.05, 4.69) is 24.1 Å². The monoisotopic (exact) mass is 308 g/mol. The fourth-order valence-electron chi connectivity index (χ4n) is 2.96. The molecular formula is C19H20N2O2. The van der Waals surface area contributed by atoms with Crippen LogP contribution in [0.4, 0.5) is 5.69 Å². The van der Waals surface area contributed by atoms with Crippen molar-refractivity contribution in [2.45, 2.75) is 12.5 Å². The van der Waals surface area contributed by atoms with Crippen molar-refractivity contribution in [2.75, 3.05) is 32.2 Å². The van der Waals surface area contributed by atoms with Crippen LogP contribution in [0.5, 0.6) is 5.75 Å². The van der Waals surface area contributed by atoms with E-state index in [9.17, 15) is 5.26 Å². The number of hydrogen-bond acceptors (Lipinski definition) is 4. The molecule has 0 spiro atoms. The first-order chi connectivity index (χ1) is 11.2. The predicted octanol–water partition coefficient (Wildman–Crippen LogP) is 3.32. The summed E-state index contributed by atoms with van der Waals surface area (Å²) in [6.07, 6.45) is 0.703. The summed E-state index contributed by atoms with van der Waals surface area (Å²) in [5, 5.41) is 9.17. The highest BCUT2D eigenvalue weighted by atomic mass is 16.5. The van der Waals surface area contributed by atoms with Crippen molar-refractivity contribution in [1.82, 2.24) is 0 Å². The normalized spacial score (nSPS) is 17.6. The highest BCUT2D eigenvalue weighted by Gasteiger charge is 2.20. The number of anilines is 1. The van der Waals surface area contributed by atoms with Gasteiger partial charge in [0.1, 0.15) is 5.75 Å². The van der Waals surface area contributed by atoms with Crippen molar-refractivity contribution in [2.24, 2.45) is 0 Å². The zero-order valence-electron chi connectivity index (χ0n) is 13.5. The van der Waals surface area contributed by atoms with E-state index in [0.717, 1.165) is 29.8 Å². The molecule has 2 aromatic rings. The van der Waals surface area contributed by atoms with Gasteiger partial charge in [-0.15, -0.1) is 0 Å². The zero-order valence-corrected chi connectivity index (χ0v) is 13.5. The van der Waals surface area contributed by atoms with Gasteiger partial charge in [0.2, 0.25) is 0 Å². The summed E-state index contributed by atoms with van der Waals surface area (Å²) in [4.78, 5) is 2.18. The maximum Gasteiger partial charge on any atom is 0.119 e. The summed E-state index contributed by atoms with van der Waals surface area (Å²) in [7, 11) is 3.72. The van der Waals surface area contributed by atoms with Gasteiger partial charge in [-0.2, -0.15) is 5.26 Å². The Hall–Kier alpha value is -2.51. The van der Waals surface area contributed by atoms with E-state index in [-0.39, 0.29) is 6.10 Å². The van der Waals surface area contributed by atoms with Crippen LogP contribution in [0.3, 0.4) is 0 Å². The number of ether oxygens (including phenoxy) is 2. The minimum Gasteiger partial charge on any atom is -0.497 e. The summed E-state index contributed by atoms with van der Waals surface area (Å²) in [6, 6.07) is 16.1. The van der Waals surface area contributed by atoms with Gasteiger partial charge in [0.05, 0.1) is 31.5 Å². The van der Waals surface area contributed by atoms with Gasteiger partial charge >= 0.3 is 0 Å². The molecule has 3 rings (SSSR count). The van der Waals surface area contributed by atoms with Crippen molar-refractivity contribution in [1.29, 1.82) is 5.26 Å². The van der Waals surface area contributed by atoms with Crippen molar-refractivity contribution in [3.8, 4) is 11.8 Å². The van der Waals surface area contributed by atoms with Crippen molar-refractivity contribution >= 4 is 5.69 Å². The summed E-state index contributed by atoms with van der Waals surface area (Å²) in [5.41, 5.74) is 4.09. The molecular weight excluding hydrogens is 288 g/mol. The Morgan fingerprint density at radius 1 is 1.26 bits per heavy atom. The molecule has 118 valence electrons. The summed E-state index contributed by atoms with van der Waals surface area (Å²) in [6.45, 7) is 1.48. The van der Waals surface area contributed by atoms with Crippen LogP contribution in [-0.2, 0) is 11.2 Å². The fraction of sp³-hybridized carbons (Fsp3) is 0.316. The van der Waals surface area contributed by atoms with Gasteiger partial charge in [0.25, 0.3) is 0 Å². The largest absolute Gasteiger partial charge is 0.497 e. The molecule has 0 amide bonds. The van der Waals surface area contributed by atoms with Gasteiger partial charge < -0.3 is 14.4 Å². The number of likely N-dealkylation sites (N-methyl/N-ethyl adjacent to an activating group) is 1. The lowest BCUT2D eigenvalue weighted by molar-refractivity contribution is 0.0558. The molecule has 1 heterocycles. The van der Waals surface area contributed by atoms with Crippen molar-refractivity contribution < 1.29 is 9.47 Å². The van der Waals surface area contributed by atoms with Crippen LogP contribution in [0.1, 0.15) is 22.8 Å². The van der Waals surface area contributed by atoms with Gasteiger partial charge in [0, 0.05) is 25.7 Å². The molecule has 1 aliphatic rings. The predicted molar refractivity (Wildman–Crippen MR) is 89.8 cm³/mol. The average Bonchev–Trinajstić information content (AvgIpc) is 2.59. The second-order valence-electron chi connectivity index (χ2n) is 5.72. The molecule has 1 atom stereocenters. The lowest BCUT2D eigenvalue weighted by Gasteiger charge is -2.29.